The molecular formula is C7H5F3NO5PS. The molecule has 0 fully saturated rings. The molecule has 1 aromatic carbocycles. The molecule has 0 aliphatic rings. The predicted octanol–water partition coefficient (Wildman–Crippen LogP) is 2.20. The molecule has 0 atom stereocenters. The molecule has 0 heterocycles. The highest BCUT2D eigenvalue weighted by molar-refractivity contribution is 8.06. The monoisotopic (exact) mass is 303 g/mol. The minimum absolute atomic E-state index is 0.283. The quantitative estimate of drug-likeness (QED) is 0.505. The summed E-state index contributed by atoms with van der Waals surface area (Å²) < 4.78 is 41.8. The molecule has 0 aliphatic heterocycles. The highest BCUT2D eigenvalue weighted by Crippen LogP contribution is 2.42. The zero-order valence-corrected chi connectivity index (χ0v) is 10.00. The van der Waals surface area contributed by atoms with Crippen LogP contribution in [0, 0.1) is 10.1 Å². The summed E-state index contributed by atoms with van der Waals surface area (Å²) in [5.74, 6) is -0.610. The van der Waals surface area contributed by atoms with Crippen LogP contribution in [-0.4, -0.2) is 14.7 Å². The number of benzene rings is 1. The maximum Gasteiger partial charge on any atom is 0.423 e. The van der Waals surface area contributed by atoms with Crippen LogP contribution in [-0.2, 0) is 18.0 Å². The number of rotatable bonds is 3. The zero-order valence-electron chi connectivity index (χ0n) is 8.29. The number of alkyl halides is 3. The van der Waals surface area contributed by atoms with Crippen LogP contribution >= 0.6 is 6.72 Å². The van der Waals surface area contributed by atoms with E-state index < -0.39 is 34.8 Å². The fourth-order valence-corrected chi connectivity index (χ4v) is 1.74. The summed E-state index contributed by atoms with van der Waals surface area (Å²) in [5.41, 5.74) is -2.73. The molecule has 1 rings (SSSR count). The largest absolute Gasteiger partial charge is 0.424 e. The minimum Gasteiger partial charge on any atom is -0.424 e. The van der Waals surface area contributed by atoms with Gasteiger partial charge in [0.25, 0.3) is 5.69 Å². The summed E-state index contributed by atoms with van der Waals surface area (Å²) in [7, 11) is 0. The Morgan fingerprint density at radius 3 is 2.33 bits per heavy atom. The number of hydrogen-bond acceptors (Lipinski definition) is 4. The van der Waals surface area contributed by atoms with Gasteiger partial charge in [-0.15, -0.1) is 0 Å². The topological polar surface area (TPSA) is 92.8 Å². The van der Waals surface area contributed by atoms with E-state index in [1.54, 1.807) is 0 Å². The summed E-state index contributed by atoms with van der Waals surface area (Å²) in [4.78, 5) is 26.8. The average molecular weight is 303 g/mol. The van der Waals surface area contributed by atoms with Gasteiger partial charge in [0.2, 0.25) is 0 Å². The van der Waals surface area contributed by atoms with Crippen LogP contribution in [0.3, 0.4) is 0 Å². The lowest BCUT2D eigenvalue weighted by atomic mass is 10.1. The van der Waals surface area contributed by atoms with Gasteiger partial charge in [0, 0.05) is 17.9 Å². The van der Waals surface area contributed by atoms with Crippen LogP contribution in [0.4, 0.5) is 18.9 Å². The fourth-order valence-electron chi connectivity index (χ4n) is 1.10. The molecule has 0 aromatic heterocycles. The molecule has 0 radical (unpaired) electrons. The first-order valence-electron chi connectivity index (χ1n) is 4.11. The zero-order chi connectivity index (χ0) is 14.1. The van der Waals surface area contributed by atoms with Gasteiger partial charge >= 0.3 is 12.9 Å². The van der Waals surface area contributed by atoms with Crippen molar-refractivity contribution in [2.24, 2.45) is 0 Å². The molecule has 0 spiro atoms. The molecule has 1 aromatic rings. The van der Waals surface area contributed by atoms with Crippen LogP contribution in [0.25, 0.3) is 0 Å². The van der Waals surface area contributed by atoms with E-state index >= 15 is 0 Å². The van der Waals surface area contributed by atoms with Gasteiger partial charge in [-0.1, -0.05) is 0 Å². The van der Waals surface area contributed by atoms with E-state index in [4.69, 9.17) is 9.79 Å². The molecule has 2 N–H and O–H groups in total. The lowest BCUT2D eigenvalue weighted by Gasteiger charge is -2.12. The van der Waals surface area contributed by atoms with Crippen molar-refractivity contribution in [3.8, 4) is 5.75 Å². The van der Waals surface area contributed by atoms with Crippen LogP contribution in [0.1, 0.15) is 5.56 Å². The third-order valence-electron chi connectivity index (χ3n) is 1.69. The van der Waals surface area contributed by atoms with E-state index in [1.807, 2.05) is 0 Å². The normalized spacial score (nSPS) is 12.3. The molecular weight excluding hydrogens is 298 g/mol. The first-order chi connectivity index (χ1) is 8.00. The lowest BCUT2D eigenvalue weighted by molar-refractivity contribution is -0.388. The van der Waals surface area contributed by atoms with Gasteiger partial charge in [-0.05, 0) is 12.1 Å². The van der Waals surface area contributed by atoms with Crippen molar-refractivity contribution in [1.29, 1.82) is 0 Å². The summed E-state index contributed by atoms with van der Waals surface area (Å²) in [6, 6.07) is 1.62. The van der Waals surface area contributed by atoms with Gasteiger partial charge in [-0.3, -0.25) is 10.1 Å². The van der Waals surface area contributed by atoms with Crippen LogP contribution in [0.5, 0.6) is 5.75 Å². The second kappa shape index (κ2) is 4.81. The molecule has 100 valence electrons. The fraction of sp³-hybridized carbons (Fsp3) is 0.143. The highest BCUT2D eigenvalue weighted by atomic mass is 32.5. The Kier molecular flexibility index (Phi) is 3.96. The van der Waals surface area contributed by atoms with Crippen molar-refractivity contribution < 1.29 is 32.4 Å². The molecule has 0 unspecified atom stereocenters. The van der Waals surface area contributed by atoms with Crippen LogP contribution in [0.2, 0.25) is 0 Å². The molecule has 0 saturated heterocycles. The number of nitrogens with zero attached hydrogens (tertiary/aromatic N) is 1. The van der Waals surface area contributed by atoms with Crippen molar-refractivity contribution in [1.82, 2.24) is 0 Å². The first-order valence-corrected chi connectivity index (χ1v) is 6.74. The van der Waals surface area contributed by atoms with Gasteiger partial charge < -0.3 is 14.3 Å². The Morgan fingerprint density at radius 1 is 1.39 bits per heavy atom. The summed E-state index contributed by atoms with van der Waals surface area (Å²) in [6.45, 7) is -4.20. The van der Waals surface area contributed by atoms with E-state index in [1.165, 1.54) is 0 Å². The minimum atomic E-state index is -4.98. The van der Waals surface area contributed by atoms with Gasteiger partial charge in [0.15, 0.2) is 0 Å². The Labute approximate surface area is 103 Å². The maximum atomic E-state index is 12.5. The molecule has 0 bridgehead atoms. The number of nitro benzene ring substituents is 1. The number of nitro groups is 1. The summed E-state index contributed by atoms with van der Waals surface area (Å²) in [5, 5.41) is 10.4. The molecule has 0 amide bonds. The smallest absolute Gasteiger partial charge is 0.423 e. The van der Waals surface area contributed by atoms with Crippen molar-refractivity contribution in [3.05, 3.63) is 33.9 Å². The maximum absolute atomic E-state index is 12.5. The number of halogens is 3. The summed E-state index contributed by atoms with van der Waals surface area (Å²) in [6.07, 6.45) is -4.98. The van der Waals surface area contributed by atoms with Crippen molar-refractivity contribution in [2.75, 3.05) is 0 Å². The second-order valence-corrected chi connectivity index (χ2v) is 5.61. The number of hydrogen-bond donors (Lipinski definition) is 2. The van der Waals surface area contributed by atoms with Crippen LogP contribution < -0.4 is 4.52 Å². The summed E-state index contributed by atoms with van der Waals surface area (Å²) >= 11 is 4.07. The van der Waals surface area contributed by atoms with Gasteiger partial charge in [0.05, 0.1) is 4.92 Å². The SMILES string of the molecule is O=[N+]([O-])c1ccc(OP(O)(O)=S)cc1C(F)(F)F. The Bertz CT molecular complexity index is 528. The van der Waals surface area contributed by atoms with E-state index in [-0.39, 0.29) is 6.07 Å². The average Bonchev–Trinajstić information content (AvgIpc) is 2.13. The molecule has 0 aliphatic carbocycles. The molecule has 18 heavy (non-hydrogen) atoms. The Hall–Kier alpha value is -1.22. The molecule has 0 saturated carbocycles. The third-order valence-corrected chi connectivity index (χ3v) is 2.37. The highest BCUT2D eigenvalue weighted by Gasteiger charge is 2.38. The van der Waals surface area contributed by atoms with Gasteiger partial charge in [-0.2, -0.15) is 13.2 Å². The second-order valence-electron chi connectivity index (χ2n) is 3.02. The van der Waals surface area contributed by atoms with Crippen molar-refractivity contribution in [3.63, 3.8) is 0 Å². The Morgan fingerprint density at radius 2 is 1.94 bits per heavy atom. The van der Waals surface area contributed by atoms with E-state index in [0.29, 0.717) is 6.07 Å². The van der Waals surface area contributed by atoms with Crippen molar-refractivity contribution >= 4 is 24.2 Å². The van der Waals surface area contributed by atoms with E-state index in [0.717, 1.165) is 6.07 Å². The lowest BCUT2D eigenvalue weighted by Crippen LogP contribution is -2.09. The Balaban J connectivity index is 3.31. The van der Waals surface area contributed by atoms with Crippen molar-refractivity contribution in [2.45, 2.75) is 6.18 Å². The van der Waals surface area contributed by atoms with E-state index in [9.17, 15) is 23.3 Å². The van der Waals surface area contributed by atoms with E-state index in [2.05, 4.69) is 16.3 Å². The standard InChI is InChI=1S/C7H5F3NO5PS/c8-7(9,10)5-3-4(16-17(14,15)18)1-2-6(5)11(12)13/h1-3H,(H2,14,15,18). The predicted molar refractivity (Wildman–Crippen MR) is 57.4 cm³/mol. The molecule has 11 heteroatoms. The molecule has 6 nitrogen and oxygen atoms in total. The first kappa shape index (κ1) is 14.8. The third kappa shape index (κ3) is 3.91. The van der Waals surface area contributed by atoms with Crippen LogP contribution in [0.15, 0.2) is 18.2 Å². The van der Waals surface area contributed by atoms with Gasteiger partial charge in [0.1, 0.15) is 11.3 Å². The van der Waals surface area contributed by atoms with Gasteiger partial charge in [-0.25, -0.2) is 0 Å².